The first-order chi connectivity index (χ1) is 15.8. The predicted octanol–water partition coefficient (Wildman–Crippen LogP) is 3.35. The van der Waals surface area contributed by atoms with Gasteiger partial charge in [-0.15, -0.1) is 0 Å². The minimum Gasteiger partial charge on any atom is -0.493 e. The van der Waals surface area contributed by atoms with Crippen LogP contribution in [0, 0.1) is 0 Å². The second-order valence-electron chi connectivity index (χ2n) is 7.78. The number of methoxy groups -OCH3 is 2. The molecule has 1 heterocycles. The number of aliphatic imine (C=N–C) groups is 1. The van der Waals surface area contributed by atoms with Crippen LogP contribution in [-0.4, -0.2) is 51.9 Å². The van der Waals surface area contributed by atoms with E-state index in [1.165, 1.54) is 0 Å². The Morgan fingerprint density at radius 1 is 1.09 bits per heavy atom. The lowest BCUT2D eigenvalue weighted by molar-refractivity contribution is -0.133. The Labute approximate surface area is 195 Å². The van der Waals surface area contributed by atoms with Crippen molar-refractivity contribution in [1.29, 1.82) is 0 Å². The summed E-state index contributed by atoms with van der Waals surface area (Å²) < 4.78 is 38.1. The molecule has 0 saturated carbocycles. The number of nitrogens with zero attached hydrogens (tertiary/aromatic N) is 2. The van der Waals surface area contributed by atoms with Crippen molar-refractivity contribution in [2.24, 2.45) is 4.99 Å². The Balaban J connectivity index is 1.89. The molecule has 0 spiro atoms. The molecule has 1 aliphatic rings. The average Bonchev–Trinajstić information content (AvgIpc) is 3.09. The van der Waals surface area contributed by atoms with E-state index in [1.807, 2.05) is 32.0 Å². The largest absolute Gasteiger partial charge is 0.493 e. The Morgan fingerprint density at radius 3 is 2.48 bits per heavy atom. The minimum absolute atomic E-state index is 0.142. The molecule has 1 unspecified atom stereocenters. The van der Waals surface area contributed by atoms with Crippen LogP contribution in [-0.2, 0) is 21.4 Å². The van der Waals surface area contributed by atoms with Crippen molar-refractivity contribution in [3.05, 3.63) is 53.6 Å². The molecule has 0 fully saturated rings. The summed E-state index contributed by atoms with van der Waals surface area (Å²) in [6, 6.07) is 11.5. The van der Waals surface area contributed by atoms with Crippen LogP contribution in [0.3, 0.4) is 0 Å². The molecule has 1 amide bonds. The normalized spacial score (nSPS) is 16.1. The quantitative estimate of drug-likeness (QED) is 0.571. The molecular formula is C24H31N3O5S. The van der Waals surface area contributed by atoms with E-state index in [2.05, 4.69) is 9.71 Å². The van der Waals surface area contributed by atoms with Crippen LogP contribution in [0.5, 0.6) is 11.5 Å². The molecule has 0 saturated heterocycles. The van der Waals surface area contributed by atoms with Gasteiger partial charge in [0.25, 0.3) is 10.0 Å². The van der Waals surface area contributed by atoms with Gasteiger partial charge in [0.1, 0.15) is 11.9 Å². The third-order valence-corrected chi connectivity index (χ3v) is 6.98. The van der Waals surface area contributed by atoms with Gasteiger partial charge >= 0.3 is 0 Å². The van der Waals surface area contributed by atoms with Gasteiger partial charge < -0.3 is 14.4 Å². The molecule has 0 aliphatic carbocycles. The van der Waals surface area contributed by atoms with Gasteiger partial charge in [0.15, 0.2) is 11.5 Å². The monoisotopic (exact) mass is 473 g/mol. The van der Waals surface area contributed by atoms with Gasteiger partial charge in [-0.25, -0.2) is 8.42 Å². The molecule has 9 heteroatoms. The van der Waals surface area contributed by atoms with Crippen molar-refractivity contribution < 1.29 is 22.7 Å². The van der Waals surface area contributed by atoms with Gasteiger partial charge in [-0.05, 0) is 43.2 Å². The second-order valence-corrected chi connectivity index (χ2v) is 9.43. The number of hydrogen-bond donors (Lipinski definition) is 1. The zero-order valence-electron chi connectivity index (χ0n) is 19.5. The zero-order chi connectivity index (χ0) is 24.0. The van der Waals surface area contributed by atoms with Crippen LogP contribution in [0.15, 0.2) is 52.4 Å². The molecule has 178 valence electrons. The third kappa shape index (κ3) is 5.47. The summed E-state index contributed by atoms with van der Waals surface area (Å²) in [7, 11) is -0.520. The molecule has 8 nitrogen and oxygen atoms in total. The van der Waals surface area contributed by atoms with E-state index >= 15 is 0 Å². The summed E-state index contributed by atoms with van der Waals surface area (Å²) in [5.74, 6) is 1.30. The van der Waals surface area contributed by atoms with Gasteiger partial charge in [0.05, 0.1) is 19.1 Å². The minimum atomic E-state index is -3.67. The molecule has 1 aliphatic heterocycles. The fraction of sp³-hybridized carbons (Fsp3) is 0.417. The number of rotatable bonds is 10. The molecule has 1 N–H and O–H groups in total. The number of sulfonamides is 1. The Bertz CT molecular complexity index is 1130. The first-order valence-corrected chi connectivity index (χ1v) is 12.5. The first kappa shape index (κ1) is 24.6. The number of carbonyl (C=O) groups is 1. The molecule has 0 aromatic heterocycles. The van der Waals surface area contributed by atoms with Crippen molar-refractivity contribution in [2.75, 3.05) is 20.8 Å². The average molecular weight is 474 g/mol. The van der Waals surface area contributed by atoms with Gasteiger partial charge in [-0.2, -0.15) is 0 Å². The third-order valence-electron chi connectivity index (χ3n) is 5.58. The number of amidine groups is 1. The predicted molar refractivity (Wildman–Crippen MR) is 127 cm³/mol. The number of likely N-dealkylation sites (N-methyl/N-ethyl adjacent to an activating group) is 1. The summed E-state index contributed by atoms with van der Waals surface area (Å²) >= 11 is 0. The summed E-state index contributed by atoms with van der Waals surface area (Å²) in [6.45, 7) is 4.83. The van der Waals surface area contributed by atoms with E-state index in [-0.39, 0.29) is 16.6 Å². The highest BCUT2D eigenvalue weighted by Crippen LogP contribution is 2.28. The maximum Gasteiger partial charge on any atom is 0.263 e. The van der Waals surface area contributed by atoms with E-state index in [9.17, 15) is 13.2 Å². The molecule has 1 atom stereocenters. The molecule has 33 heavy (non-hydrogen) atoms. The molecule has 0 bridgehead atoms. The fourth-order valence-corrected chi connectivity index (χ4v) is 5.02. The number of benzene rings is 2. The van der Waals surface area contributed by atoms with E-state index in [4.69, 9.17) is 9.47 Å². The number of hydrogen-bond acceptors (Lipinski definition) is 6. The van der Waals surface area contributed by atoms with Crippen LogP contribution in [0.25, 0.3) is 0 Å². The summed E-state index contributed by atoms with van der Waals surface area (Å²) in [5.41, 5.74) is 1.39. The van der Waals surface area contributed by atoms with E-state index < -0.39 is 16.1 Å². The highest BCUT2D eigenvalue weighted by Gasteiger charge is 2.32. The number of amides is 1. The van der Waals surface area contributed by atoms with Crippen molar-refractivity contribution in [2.45, 2.75) is 50.6 Å². The summed E-state index contributed by atoms with van der Waals surface area (Å²) in [5, 5.41) is 0. The van der Waals surface area contributed by atoms with E-state index in [0.717, 1.165) is 18.4 Å². The van der Waals surface area contributed by atoms with E-state index in [0.29, 0.717) is 36.6 Å². The lowest BCUT2D eigenvalue weighted by Crippen LogP contribution is -2.39. The highest BCUT2D eigenvalue weighted by atomic mass is 32.2. The Kier molecular flexibility index (Phi) is 7.97. The second kappa shape index (κ2) is 10.7. The maximum atomic E-state index is 13.5. The Morgan fingerprint density at radius 2 is 1.82 bits per heavy atom. The van der Waals surface area contributed by atoms with Gasteiger partial charge in [-0.3, -0.25) is 14.5 Å². The van der Waals surface area contributed by atoms with Crippen molar-refractivity contribution in [1.82, 2.24) is 9.62 Å². The van der Waals surface area contributed by atoms with Crippen molar-refractivity contribution >= 4 is 21.8 Å². The standard InChI is InChI=1S/C24H31N3O5S/c1-5-7-11-19(25-23-18-10-8-9-12-22(18)33(29,30)26-23)24(28)27(6-2)16-17-13-14-20(31-3)21(15-17)32-4/h8-10,12-15,19H,5-7,11,16H2,1-4H3,(H,25,26). The van der Waals surface area contributed by atoms with Crippen LogP contribution in [0.2, 0.25) is 0 Å². The SMILES string of the molecule is CCCCC(N=C1NS(=O)(=O)c2ccccc21)C(=O)N(CC)Cc1ccc(OC)c(OC)c1. The van der Waals surface area contributed by atoms with Crippen molar-refractivity contribution in [3.63, 3.8) is 0 Å². The van der Waals surface area contributed by atoms with Crippen LogP contribution >= 0.6 is 0 Å². The zero-order valence-corrected chi connectivity index (χ0v) is 20.3. The number of nitrogens with one attached hydrogen (secondary N) is 1. The van der Waals surface area contributed by atoms with Gasteiger partial charge in [0.2, 0.25) is 5.91 Å². The lowest BCUT2D eigenvalue weighted by Gasteiger charge is -2.25. The number of ether oxygens (including phenoxy) is 2. The number of fused-ring (bicyclic) bond motifs is 1. The molecule has 0 radical (unpaired) electrons. The van der Waals surface area contributed by atoms with E-state index in [1.54, 1.807) is 43.4 Å². The Hall–Kier alpha value is -3.07. The molecule has 3 rings (SSSR count). The summed E-state index contributed by atoms with van der Waals surface area (Å²) in [6.07, 6.45) is 2.24. The maximum absolute atomic E-state index is 13.5. The molecular weight excluding hydrogens is 442 g/mol. The number of carbonyl (C=O) groups excluding carboxylic acids is 1. The fourth-order valence-electron chi connectivity index (χ4n) is 3.78. The summed E-state index contributed by atoms with van der Waals surface area (Å²) in [4.78, 5) is 20.0. The lowest BCUT2D eigenvalue weighted by atomic mass is 10.1. The highest BCUT2D eigenvalue weighted by molar-refractivity contribution is 7.90. The van der Waals surface area contributed by atoms with Crippen LogP contribution < -0.4 is 14.2 Å². The van der Waals surface area contributed by atoms with Gasteiger partial charge in [-0.1, -0.05) is 38.0 Å². The molecule has 2 aromatic carbocycles. The van der Waals surface area contributed by atoms with Crippen molar-refractivity contribution in [3.8, 4) is 11.5 Å². The molecule has 2 aromatic rings. The van der Waals surface area contributed by atoms with Crippen LogP contribution in [0.1, 0.15) is 44.2 Å². The smallest absolute Gasteiger partial charge is 0.263 e. The van der Waals surface area contributed by atoms with Gasteiger partial charge in [0, 0.05) is 18.7 Å². The topological polar surface area (TPSA) is 97.3 Å². The van der Waals surface area contributed by atoms with Crippen LogP contribution in [0.4, 0.5) is 0 Å². The number of unbranched alkanes of at least 4 members (excludes halogenated alkanes) is 1. The first-order valence-electron chi connectivity index (χ1n) is 11.0.